The van der Waals surface area contributed by atoms with Crippen LogP contribution in [-0.2, 0) is 10.0 Å². The van der Waals surface area contributed by atoms with Crippen molar-refractivity contribution in [3.63, 3.8) is 0 Å². The summed E-state index contributed by atoms with van der Waals surface area (Å²) in [5.74, 6) is 2.34. The number of sulfonamides is 1. The largest absolute Gasteiger partial charge is 0.486 e. The Balaban J connectivity index is 1.56. The Morgan fingerprint density at radius 3 is 2.55 bits per heavy atom. The monoisotopic (exact) mass is 417 g/mol. The van der Waals surface area contributed by atoms with Gasteiger partial charge in [0.1, 0.15) is 23.9 Å². The lowest BCUT2D eigenvalue weighted by Crippen LogP contribution is -2.40. The molecule has 0 spiro atoms. The molecule has 0 bridgehead atoms. The van der Waals surface area contributed by atoms with E-state index in [2.05, 4.69) is 20.7 Å². The van der Waals surface area contributed by atoms with Gasteiger partial charge >= 0.3 is 0 Å². The first-order valence-electron chi connectivity index (χ1n) is 9.89. The summed E-state index contributed by atoms with van der Waals surface area (Å²) in [6, 6.07) is 9.66. The summed E-state index contributed by atoms with van der Waals surface area (Å²) in [4.78, 5) is 6.86. The molecule has 0 radical (unpaired) electrons. The minimum Gasteiger partial charge on any atom is -0.486 e. The van der Waals surface area contributed by atoms with Gasteiger partial charge in [-0.05, 0) is 63.4 Å². The van der Waals surface area contributed by atoms with E-state index in [1.165, 1.54) is 6.20 Å². The number of aromatic nitrogens is 1. The standard InChI is InChI=1S/C21H27N3O4S/c1-21(2,3)23-29(25,26)16-7-9-20(22-14-16)24-10-4-5-17(24)15-6-8-18-19(13-15)28-12-11-27-18/h6-9,13-14,17,23H,4-5,10-12H2,1-3H3/t17-/m0/s1. The Kier molecular flexibility index (Phi) is 5.16. The number of hydrogen-bond donors (Lipinski definition) is 1. The van der Waals surface area contributed by atoms with Gasteiger partial charge in [0.25, 0.3) is 0 Å². The number of nitrogens with zero attached hydrogens (tertiary/aromatic N) is 2. The fraction of sp³-hybridized carbons (Fsp3) is 0.476. The van der Waals surface area contributed by atoms with E-state index >= 15 is 0 Å². The van der Waals surface area contributed by atoms with Crippen LogP contribution in [0.2, 0.25) is 0 Å². The van der Waals surface area contributed by atoms with Crippen molar-refractivity contribution in [2.24, 2.45) is 0 Å². The Morgan fingerprint density at radius 1 is 1.10 bits per heavy atom. The Morgan fingerprint density at radius 2 is 1.86 bits per heavy atom. The molecule has 2 aliphatic rings. The van der Waals surface area contributed by atoms with Crippen molar-refractivity contribution < 1.29 is 17.9 Å². The third-order valence-corrected chi connectivity index (χ3v) is 6.71. The Labute approximate surface area is 172 Å². The molecule has 4 rings (SSSR count). The third kappa shape index (κ3) is 4.33. The smallest absolute Gasteiger partial charge is 0.242 e. The molecule has 1 atom stereocenters. The van der Waals surface area contributed by atoms with Crippen LogP contribution >= 0.6 is 0 Å². The van der Waals surface area contributed by atoms with Crippen LogP contribution in [0.1, 0.15) is 45.2 Å². The van der Waals surface area contributed by atoms with Gasteiger partial charge in [-0.3, -0.25) is 0 Å². The quantitative estimate of drug-likeness (QED) is 0.822. The number of rotatable bonds is 4. The van der Waals surface area contributed by atoms with Gasteiger partial charge in [0.05, 0.1) is 6.04 Å². The molecule has 29 heavy (non-hydrogen) atoms. The fourth-order valence-corrected chi connectivity index (χ4v) is 5.18. The second-order valence-corrected chi connectivity index (χ2v) is 10.1. The van der Waals surface area contributed by atoms with Crippen LogP contribution in [-0.4, -0.2) is 38.7 Å². The van der Waals surface area contributed by atoms with Gasteiger partial charge in [0.15, 0.2) is 11.5 Å². The number of hydrogen-bond acceptors (Lipinski definition) is 6. The first-order valence-corrected chi connectivity index (χ1v) is 11.4. The molecular weight excluding hydrogens is 390 g/mol. The summed E-state index contributed by atoms with van der Waals surface area (Å²) < 4.78 is 39.0. The number of nitrogens with one attached hydrogen (secondary N) is 1. The molecule has 1 aromatic carbocycles. The Bertz CT molecular complexity index is 984. The van der Waals surface area contributed by atoms with Gasteiger partial charge in [-0.15, -0.1) is 0 Å². The summed E-state index contributed by atoms with van der Waals surface area (Å²) in [6.07, 6.45) is 3.49. The Hall–Kier alpha value is -2.32. The molecule has 3 heterocycles. The molecule has 1 saturated heterocycles. The summed E-state index contributed by atoms with van der Waals surface area (Å²) in [7, 11) is -3.60. The van der Waals surface area contributed by atoms with Crippen LogP contribution in [0.25, 0.3) is 0 Å². The average molecular weight is 418 g/mol. The molecule has 8 heteroatoms. The maximum absolute atomic E-state index is 12.5. The van der Waals surface area contributed by atoms with Gasteiger partial charge < -0.3 is 14.4 Å². The van der Waals surface area contributed by atoms with Crippen molar-refractivity contribution in [1.82, 2.24) is 9.71 Å². The average Bonchev–Trinajstić information content (AvgIpc) is 3.16. The lowest BCUT2D eigenvalue weighted by Gasteiger charge is -2.27. The predicted molar refractivity (Wildman–Crippen MR) is 111 cm³/mol. The number of pyridine rings is 1. The normalized spacial score (nSPS) is 19.4. The van der Waals surface area contributed by atoms with Crippen LogP contribution in [0, 0.1) is 0 Å². The van der Waals surface area contributed by atoms with Gasteiger partial charge in [-0.1, -0.05) is 6.07 Å². The van der Waals surface area contributed by atoms with Crippen LogP contribution in [0.15, 0.2) is 41.4 Å². The molecule has 2 aliphatic heterocycles. The summed E-state index contributed by atoms with van der Waals surface area (Å²) in [6.45, 7) is 7.45. The maximum atomic E-state index is 12.5. The van der Waals surface area contributed by atoms with Crippen molar-refractivity contribution in [2.75, 3.05) is 24.7 Å². The van der Waals surface area contributed by atoms with Gasteiger partial charge in [0.2, 0.25) is 10.0 Å². The highest BCUT2D eigenvalue weighted by Gasteiger charge is 2.29. The third-order valence-electron chi connectivity index (χ3n) is 4.97. The zero-order chi connectivity index (χ0) is 20.6. The van der Waals surface area contributed by atoms with Gasteiger partial charge in [0, 0.05) is 18.3 Å². The molecule has 1 aromatic heterocycles. The molecule has 0 amide bonds. The highest BCUT2D eigenvalue weighted by Crippen LogP contribution is 2.39. The number of anilines is 1. The molecular formula is C21H27N3O4S. The first kappa shape index (κ1) is 20.0. The van der Waals surface area contributed by atoms with E-state index < -0.39 is 15.6 Å². The molecule has 0 aliphatic carbocycles. The van der Waals surface area contributed by atoms with E-state index in [0.717, 1.165) is 42.3 Å². The zero-order valence-corrected chi connectivity index (χ0v) is 17.8. The number of fused-ring (bicyclic) bond motifs is 1. The predicted octanol–water partition coefficient (Wildman–Crippen LogP) is 3.27. The zero-order valence-electron chi connectivity index (χ0n) is 17.0. The SMILES string of the molecule is CC(C)(C)NS(=O)(=O)c1ccc(N2CCC[C@H]2c2ccc3c(c2)OCCO3)nc1. The molecule has 2 aromatic rings. The minimum atomic E-state index is -3.60. The van der Waals surface area contributed by atoms with E-state index in [9.17, 15) is 8.42 Å². The first-order chi connectivity index (χ1) is 13.7. The van der Waals surface area contributed by atoms with Crippen molar-refractivity contribution in [1.29, 1.82) is 0 Å². The lowest BCUT2D eigenvalue weighted by molar-refractivity contribution is 0.171. The van der Waals surface area contributed by atoms with Crippen molar-refractivity contribution in [3.8, 4) is 11.5 Å². The molecule has 1 fully saturated rings. The summed E-state index contributed by atoms with van der Waals surface area (Å²) >= 11 is 0. The van der Waals surface area contributed by atoms with E-state index in [0.29, 0.717) is 13.2 Å². The van der Waals surface area contributed by atoms with Crippen LogP contribution in [0.3, 0.4) is 0 Å². The van der Waals surface area contributed by atoms with Crippen molar-refractivity contribution in [2.45, 2.75) is 50.1 Å². The van der Waals surface area contributed by atoms with Crippen LogP contribution in [0.5, 0.6) is 11.5 Å². The number of benzene rings is 1. The van der Waals surface area contributed by atoms with Crippen molar-refractivity contribution >= 4 is 15.8 Å². The number of ether oxygens (including phenoxy) is 2. The molecule has 1 N–H and O–H groups in total. The van der Waals surface area contributed by atoms with Crippen LogP contribution in [0.4, 0.5) is 5.82 Å². The highest BCUT2D eigenvalue weighted by atomic mass is 32.2. The lowest BCUT2D eigenvalue weighted by atomic mass is 10.0. The van der Waals surface area contributed by atoms with E-state index in [-0.39, 0.29) is 10.9 Å². The van der Waals surface area contributed by atoms with Crippen LogP contribution < -0.4 is 19.1 Å². The summed E-state index contributed by atoms with van der Waals surface area (Å²) in [5, 5.41) is 0. The molecule has 0 unspecified atom stereocenters. The van der Waals surface area contributed by atoms with Gasteiger partial charge in [-0.25, -0.2) is 18.1 Å². The van der Waals surface area contributed by atoms with E-state index in [1.54, 1.807) is 12.1 Å². The molecule has 156 valence electrons. The van der Waals surface area contributed by atoms with Gasteiger partial charge in [-0.2, -0.15) is 0 Å². The summed E-state index contributed by atoms with van der Waals surface area (Å²) in [5.41, 5.74) is 0.607. The topological polar surface area (TPSA) is 80.8 Å². The molecule has 0 saturated carbocycles. The molecule has 7 nitrogen and oxygen atoms in total. The minimum absolute atomic E-state index is 0.172. The fourth-order valence-electron chi connectivity index (χ4n) is 3.82. The van der Waals surface area contributed by atoms with E-state index in [4.69, 9.17) is 9.47 Å². The van der Waals surface area contributed by atoms with Crippen molar-refractivity contribution in [3.05, 3.63) is 42.1 Å². The maximum Gasteiger partial charge on any atom is 0.242 e. The highest BCUT2D eigenvalue weighted by molar-refractivity contribution is 7.89. The second-order valence-electron chi connectivity index (χ2n) is 8.46. The second kappa shape index (κ2) is 7.50. The van der Waals surface area contributed by atoms with E-state index in [1.807, 2.05) is 32.9 Å².